The lowest BCUT2D eigenvalue weighted by atomic mass is 10.0. The number of rotatable bonds is 5. The van der Waals surface area contributed by atoms with Crippen molar-refractivity contribution >= 4 is 33.6 Å². The number of carbonyl (C=O) groups excluding carboxylic acids is 1. The Bertz CT molecular complexity index is 919. The molecular formula is C21H15BrN2O. The number of hydrogen-bond donors (Lipinski definition) is 0. The van der Waals surface area contributed by atoms with Crippen molar-refractivity contribution in [2.24, 2.45) is 10.2 Å². The Morgan fingerprint density at radius 3 is 2.08 bits per heavy atom. The Hall–Kier alpha value is -2.85. The molecule has 0 heterocycles. The van der Waals surface area contributed by atoms with Gasteiger partial charge in [-0.2, -0.15) is 5.10 Å². The van der Waals surface area contributed by atoms with E-state index < -0.39 is 0 Å². The highest BCUT2D eigenvalue weighted by Gasteiger charge is 2.15. The molecule has 0 aliphatic carbocycles. The van der Waals surface area contributed by atoms with E-state index >= 15 is 0 Å². The number of halogens is 1. The largest absolute Gasteiger partial charge is 0.287 e. The van der Waals surface area contributed by atoms with Gasteiger partial charge < -0.3 is 0 Å². The summed E-state index contributed by atoms with van der Waals surface area (Å²) in [4.78, 5) is 12.8. The number of ketones is 1. The Balaban J connectivity index is 1.95. The molecule has 0 saturated heterocycles. The number of Topliss-reactive ketones (excluding diaryl/α,β-unsaturated/α-hetero) is 1. The molecule has 0 bridgehead atoms. The fraction of sp³-hybridized carbons (Fsp3) is 0. The highest BCUT2D eigenvalue weighted by atomic mass is 79.9. The van der Waals surface area contributed by atoms with Gasteiger partial charge in [0.15, 0.2) is 0 Å². The van der Waals surface area contributed by atoms with Crippen molar-refractivity contribution in [1.29, 1.82) is 0 Å². The van der Waals surface area contributed by atoms with Crippen LogP contribution in [-0.2, 0) is 0 Å². The van der Waals surface area contributed by atoms with Gasteiger partial charge in [0.05, 0.1) is 6.21 Å². The molecule has 3 aromatic carbocycles. The molecule has 0 atom stereocenters. The molecule has 0 N–H and O–H groups in total. The quantitative estimate of drug-likeness (QED) is 0.337. The SMILES string of the molecule is O=C(C(=NN=Cc1cccc(Br)c1)c1ccccc1)c1ccccc1. The minimum Gasteiger partial charge on any atom is -0.287 e. The Labute approximate surface area is 154 Å². The topological polar surface area (TPSA) is 41.8 Å². The van der Waals surface area contributed by atoms with E-state index in [0.717, 1.165) is 15.6 Å². The van der Waals surface area contributed by atoms with E-state index in [1.165, 1.54) is 0 Å². The van der Waals surface area contributed by atoms with Gasteiger partial charge in [-0.05, 0) is 17.7 Å². The van der Waals surface area contributed by atoms with Crippen LogP contribution in [0.2, 0.25) is 0 Å². The summed E-state index contributed by atoms with van der Waals surface area (Å²) in [6, 6.07) is 26.2. The first-order chi connectivity index (χ1) is 12.2. The summed E-state index contributed by atoms with van der Waals surface area (Å²) < 4.78 is 0.962. The van der Waals surface area contributed by atoms with Crippen LogP contribution in [0.5, 0.6) is 0 Å². The van der Waals surface area contributed by atoms with Crippen LogP contribution < -0.4 is 0 Å². The van der Waals surface area contributed by atoms with Crippen LogP contribution in [0.25, 0.3) is 0 Å². The summed E-state index contributed by atoms with van der Waals surface area (Å²) in [5.74, 6) is -0.154. The highest BCUT2D eigenvalue weighted by molar-refractivity contribution is 9.10. The van der Waals surface area contributed by atoms with E-state index in [-0.39, 0.29) is 5.78 Å². The first-order valence-electron chi connectivity index (χ1n) is 7.76. The maximum atomic E-state index is 12.8. The van der Waals surface area contributed by atoms with E-state index in [2.05, 4.69) is 26.1 Å². The van der Waals surface area contributed by atoms with Gasteiger partial charge in [-0.15, -0.1) is 5.10 Å². The molecule has 0 aliphatic heterocycles. The molecule has 0 saturated carbocycles. The molecule has 4 heteroatoms. The Kier molecular flexibility index (Phi) is 5.65. The first-order valence-corrected chi connectivity index (χ1v) is 8.55. The van der Waals surface area contributed by atoms with Crippen LogP contribution in [0, 0.1) is 0 Å². The third kappa shape index (κ3) is 4.58. The van der Waals surface area contributed by atoms with Gasteiger partial charge in [0.25, 0.3) is 0 Å². The van der Waals surface area contributed by atoms with Gasteiger partial charge in [0.1, 0.15) is 5.71 Å². The highest BCUT2D eigenvalue weighted by Crippen LogP contribution is 2.11. The van der Waals surface area contributed by atoms with Crippen molar-refractivity contribution in [2.45, 2.75) is 0 Å². The summed E-state index contributed by atoms with van der Waals surface area (Å²) in [7, 11) is 0. The molecule has 122 valence electrons. The second-order valence-electron chi connectivity index (χ2n) is 5.31. The predicted octanol–water partition coefficient (Wildman–Crippen LogP) is 5.16. The van der Waals surface area contributed by atoms with E-state index in [1.54, 1.807) is 18.3 Å². The molecule has 0 aromatic heterocycles. The summed E-state index contributed by atoms with van der Waals surface area (Å²) in [6.45, 7) is 0. The van der Waals surface area contributed by atoms with Gasteiger partial charge in [0, 0.05) is 15.6 Å². The zero-order chi connectivity index (χ0) is 17.5. The smallest absolute Gasteiger partial charge is 0.213 e. The van der Waals surface area contributed by atoms with Gasteiger partial charge in [-0.1, -0.05) is 88.7 Å². The zero-order valence-electron chi connectivity index (χ0n) is 13.3. The molecule has 0 radical (unpaired) electrons. The molecule has 0 spiro atoms. The monoisotopic (exact) mass is 390 g/mol. The van der Waals surface area contributed by atoms with E-state index in [4.69, 9.17) is 0 Å². The lowest BCUT2D eigenvalue weighted by Crippen LogP contribution is -2.15. The van der Waals surface area contributed by atoms with Crippen molar-refractivity contribution in [3.8, 4) is 0 Å². The molecule has 25 heavy (non-hydrogen) atoms. The molecule has 0 aliphatic rings. The number of nitrogens with zero attached hydrogens (tertiary/aromatic N) is 2. The first kappa shape index (κ1) is 17.0. The minimum atomic E-state index is -0.154. The summed E-state index contributed by atoms with van der Waals surface area (Å²) in [5.41, 5.74) is 2.54. The fourth-order valence-corrected chi connectivity index (χ4v) is 2.71. The van der Waals surface area contributed by atoms with Crippen LogP contribution in [0.4, 0.5) is 0 Å². The maximum absolute atomic E-state index is 12.8. The van der Waals surface area contributed by atoms with Crippen molar-refractivity contribution in [3.63, 3.8) is 0 Å². The van der Waals surface area contributed by atoms with Gasteiger partial charge in [0.2, 0.25) is 5.78 Å². The summed E-state index contributed by atoms with van der Waals surface area (Å²) in [5, 5.41) is 8.34. The Morgan fingerprint density at radius 2 is 1.44 bits per heavy atom. The molecular weight excluding hydrogens is 376 g/mol. The third-order valence-electron chi connectivity index (χ3n) is 3.51. The van der Waals surface area contributed by atoms with Crippen LogP contribution in [0.1, 0.15) is 21.5 Å². The molecule has 0 amide bonds. The Morgan fingerprint density at radius 1 is 0.800 bits per heavy atom. The molecule has 0 unspecified atom stereocenters. The maximum Gasteiger partial charge on any atom is 0.213 e. The summed E-state index contributed by atoms with van der Waals surface area (Å²) >= 11 is 3.42. The fourth-order valence-electron chi connectivity index (χ4n) is 2.30. The third-order valence-corrected chi connectivity index (χ3v) is 4.00. The van der Waals surface area contributed by atoms with Crippen molar-refractivity contribution in [1.82, 2.24) is 0 Å². The van der Waals surface area contributed by atoms with Gasteiger partial charge in [-0.3, -0.25) is 4.79 Å². The van der Waals surface area contributed by atoms with Gasteiger partial charge in [-0.25, -0.2) is 0 Å². The normalized spacial score (nSPS) is 11.6. The van der Waals surface area contributed by atoms with Crippen LogP contribution in [0.3, 0.4) is 0 Å². The lowest BCUT2D eigenvalue weighted by Gasteiger charge is -2.04. The lowest BCUT2D eigenvalue weighted by molar-refractivity contribution is 0.106. The average molecular weight is 391 g/mol. The van der Waals surface area contributed by atoms with E-state index in [0.29, 0.717) is 11.3 Å². The zero-order valence-corrected chi connectivity index (χ0v) is 14.9. The molecule has 3 aromatic rings. The predicted molar refractivity (Wildman–Crippen MR) is 105 cm³/mol. The standard InChI is InChI=1S/C21H15BrN2O/c22-19-13-7-8-16(14-19)15-23-24-20(17-9-3-1-4-10-17)21(25)18-11-5-2-6-12-18/h1-15H. The minimum absolute atomic E-state index is 0.154. The average Bonchev–Trinajstić information content (AvgIpc) is 2.66. The summed E-state index contributed by atoms with van der Waals surface area (Å²) in [6.07, 6.45) is 1.63. The molecule has 3 rings (SSSR count). The van der Waals surface area contributed by atoms with E-state index in [9.17, 15) is 4.79 Å². The van der Waals surface area contributed by atoms with Crippen LogP contribution in [-0.4, -0.2) is 17.7 Å². The number of benzene rings is 3. The van der Waals surface area contributed by atoms with E-state index in [1.807, 2.05) is 72.8 Å². The second kappa shape index (κ2) is 8.31. The molecule has 3 nitrogen and oxygen atoms in total. The van der Waals surface area contributed by atoms with Crippen molar-refractivity contribution in [2.75, 3.05) is 0 Å². The number of carbonyl (C=O) groups is 1. The van der Waals surface area contributed by atoms with Crippen molar-refractivity contribution < 1.29 is 4.79 Å². The van der Waals surface area contributed by atoms with Crippen LogP contribution in [0.15, 0.2) is 99.6 Å². The number of hydrogen-bond acceptors (Lipinski definition) is 3. The molecule has 0 fully saturated rings. The van der Waals surface area contributed by atoms with Crippen LogP contribution >= 0.6 is 15.9 Å². The van der Waals surface area contributed by atoms with Crippen molar-refractivity contribution in [3.05, 3.63) is 106 Å². The second-order valence-corrected chi connectivity index (χ2v) is 6.23. The van der Waals surface area contributed by atoms with Gasteiger partial charge >= 0.3 is 0 Å².